The van der Waals surface area contributed by atoms with Crippen LogP contribution in [0.15, 0.2) is 0 Å². The first-order chi connectivity index (χ1) is 7.29. The van der Waals surface area contributed by atoms with Crippen LogP contribution in [0, 0.1) is 0 Å². The fourth-order valence-electron chi connectivity index (χ4n) is 1.82. The topological polar surface area (TPSA) is 30.5 Å². The van der Waals surface area contributed by atoms with Crippen LogP contribution in [0.4, 0.5) is 0 Å². The van der Waals surface area contributed by atoms with Crippen LogP contribution >= 0.6 is 0 Å². The zero-order chi connectivity index (χ0) is 10.9. The fraction of sp³-hybridized carbons (Fsp3) is 1.00. The van der Waals surface area contributed by atoms with Gasteiger partial charge in [0.15, 0.2) is 0 Å². The van der Waals surface area contributed by atoms with Crippen molar-refractivity contribution in [3.63, 3.8) is 0 Å². The minimum atomic E-state index is 1.13. The minimum absolute atomic E-state index is 1.13. The van der Waals surface area contributed by atoms with E-state index in [1.54, 1.807) is 0 Å². The molecule has 90 valence electrons. The maximum atomic E-state index is 3.50. The number of hydrogen-bond acceptors (Lipinski definition) is 4. The Kier molecular flexibility index (Phi) is 6.92. The lowest BCUT2D eigenvalue weighted by Gasteiger charge is -2.27. The maximum absolute atomic E-state index is 3.50. The van der Waals surface area contributed by atoms with Crippen molar-refractivity contribution in [2.24, 2.45) is 0 Å². The summed E-state index contributed by atoms with van der Waals surface area (Å²) in [7, 11) is 4.25. The SMILES string of the molecule is CN(C)CCCNCCN1CCNCC1. The Labute approximate surface area is 94.0 Å². The summed E-state index contributed by atoms with van der Waals surface area (Å²) < 4.78 is 0. The van der Waals surface area contributed by atoms with Gasteiger partial charge in [0.05, 0.1) is 0 Å². The quantitative estimate of drug-likeness (QED) is 0.556. The lowest BCUT2D eigenvalue weighted by Crippen LogP contribution is -2.45. The molecule has 2 N–H and O–H groups in total. The summed E-state index contributed by atoms with van der Waals surface area (Å²) in [5.41, 5.74) is 0. The van der Waals surface area contributed by atoms with Gasteiger partial charge in [0.25, 0.3) is 0 Å². The number of hydrogen-bond donors (Lipinski definition) is 2. The van der Waals surface area contributed by atoms with Gasteiger partial charge in [-0.3, -0.25) is 4.90 Å². The molecular formula is C11H26N4. The number of rotatable bonds is 7. The van der Waals surface area contributed by atoms with E-state index in [-0.39, 0.29) is 0 Å². The Morgan fingerprint density at radius 1 is 1.20 bits per heavy atom. The summed E-state index contributed by atoms with van der Waals surface area (Å²) in [6.07, 6.45) is 1.24. The molecule has 1 heterocycles. The largest absolute Gasteiger partial charge is 0.315 e. The van der Waals surface area contributed by atoms with Crippen LogP contribution in [0.2, 0.25) is 0 Å². The third-order valence-corrected chi connectivity index (χ3v) is 2.77. The molecule has 4 nitrogen and oxygen atoms in total. The second-order valence-corrected chi connectivity index (χ2v) is 4.50. The zero-order valence-electron chi connectivity index (χ0n) is 10.3. The van der Waals surface area contributed by atoms with E-state index in [9.17, 15) is 0 Å². The van der Waals surface area contributed by atoms with Crippen LogP contribution in [0.3, 0.4) is 0 Å². The molecule has 1 aliphatic heterocycles. The van der Waals surface area contributed by atoms with Crippen molar-refractivity contribution in [2.45, 2.75) is 6.42 Å². The first kappa shape index (κ1) is 12.9. The van der Waals surface area contributed by atoms with Gasteiger partial charge in [0.1, 0.15) is 0 Å². The predicted octanol–water partition coefficient (Wildman–Crippen LogP) is -0.567. The van der Waals surface area contributed by atoms with Gasteiger partial charge < -0.3 is 15.5 Å². The highest BCUT2D eigenvalue weighted by molar-refractivity contribution is 4.68. The van der Waals surface area contributed by atoms with Crippen molar-refractivity contribution in [2.75, 3.05) is 66.5 Å². The van der Waals surface area contributed by atoms with Gasteiger partial charge in [-0.25, -0.2) is 0 Å². The highest BCUT2D eigenvalue weighted by atomic mass is 15.2. The van der Waals surface area contributed by atoms with Gasteiger partial charge in [-0.05, 0) is 33.6 Å². The van der Waals surface area contributed by atoms with E-state index < -0.39 is 0 Å². The monoisotopic (exact) mass is 214 g/mol. The van der Waals surface area contributed by atoms with Crippen molar-refractivity contribution in [3.05, 3.63) is 0 Å². The van der Waals surface area contributed by atoms with Crippen molar-refractivity contribution in [3.8, 4) is 0 Å². The highest BCUT2D eigenvalue weighted by Gasteiger charge is 2.07. The first-order valence-electron chi connectivity index (χ1n) is 6.07. The van der Waals surface area contributed by atoms with Gasteiger partial charge in [0.2, 0.25) is 0 Å². The first-order valence-corrected chi connectivity index (χ1v) is 6.07. The molecule has 1 fully saturated rings. The van der Waals surface area contributed by atoms with E-state index in [0.717, 1.165) is 26.2 Å². The molecular weight excluding hydrogens is 188 g/mol. The van der Waals surface area contributed by atoms with Crippen molar-refractivity contribution >= 4 is 0 Å². The van der Waals surface area contributed by atoms with Gasteiger partial charge in [-0.2, -0.15) is 0 Å². The molecule has 0 amide bonds. The van der Waals surface area contributed by atoms with Gasteiger partial charge in [-0.1, -0.05) is 0 Å². The summed E-state index contributed by atoms with van der Waals surface area (Å²) in [5, 5.41) is 6.87. The molecule has 0 spiro atoms. The summed E-state index contributed by atoms with van der Waals surface area (Å²) >= 11 is 0. The zero-order valence-corrected chi connectivity index (χ0v) is 10.3. The standard InChI is InChI=1S/C11H26N4/c1-14(2)8-3-4-12-5-9-15-10-6-13-7-11-15/h12-13H,3-11H2,1-2H3. The third kappa shape index (κ3) is 6.84. The molecule has 0 radical (unpaired) electrons. The molecule has 0 aliphatic carbocycles. The summed E-state index contributed by atoms with van der Waals surface area (Å²) in [6, 6.07) is 0. The second-order valence-electron chi connectivity index (χ2n) is 4.50. The van der Waals surface area contributed by atoms with Crippen LogP contribution in [0.5, 0.6) is 0 Å². The van der Waals surface area contributed by atoms with E-state index in [1.165, 1.54) is 32.6 Å². The Balaban J connectivity index is 1.83. The minimum Gasteiger partial charge on any atom is -0.315 e. The maximum Gasteiger partial charge on any atom is 0.0108 e. The van der Waals surface area contributed by atoms with E-state index in [2.05, 4.69) is 34.5 Å². The fourth-order valence-corrected chi connectivity index (χ4v) is 1.82. The lowest BCUT2D eigenvalue weighted by atomic mass is 10.3. The van der Waals surface area contributed by atoms with Gasteiger partial charge in [-0.15, -0.1) is 0 Å². The molecule has 15 heavy (non-hydrogen) atoms. The molecule has 1 saturated heterocycles. The van der Waals surface area contributed by atoms with Crippen molar-refractivity contribution in [1.82, 2.24) is 20.4 Å². The van der Waals surface area contributed by atoms with Gasteiger partial charge in [0, 0.05) is 39.3 Å². The van der Waals surface area contributed by atoms with E-state index in [4.69, 9.17) is 0 Å². The molecule has 0 aromatic rings. The summed E-state index contributed by atoms with van der Waals surface area (Å²) in [6.45, 7) is 9.38. The molecule has 4 heteroatoms. The van der Waals surface area contributed by atoms with E-state index >= 15 is 0 Å². The normalized spacial score (nSPS) is 18.6. The third-order valence-electron chi connectivity index (χ3n) is 2.77. The van der Waals surface area contributed by atoms with Crippen LogP contribution in [-0.2, 0) is 0 Å². The average Bonchev–Trinajstić information content (AvgIpc) is 2.24. The Morgan fingerprint density at radius 2 is 1.93 bits per heavy atom. The number of piperazine rings is 1. The smallest absolute Gasteiger partial charge is 0.0108 e. The second kappa shape index (κ2) is 8.05. The van der Waals surface area contributed by atoms with E-state index in [1.807, 2.05) is 0 Å². The van der Waals surface area contributed by atoms with Crippen LogP contribution in [-0.4, -0.2) is 76.3 Å². The van der Waals surface area contributed by atoms with Crippen LogP contribution in [0.1, 0.15) is 6.42 Å². The predicted molar refractivity (Wildman–Crippen MR) is 65.4 cm³/mol. The molecule has 0 aromatic heterocycles. The summed E-state index contributed by atoms with van der Waals surface area (Å²) in [5.74, 6) is 0. The molecule has 0 bridgehead atoms. The average molecular weight is 214 g/mol. The number of nitrogens with zero attached hydrogens (tertiary/aromatic N) is 2. The molecule has 0 unspecified atom stereocenters. The molecule has 0 saturated carbocycles. The summed E-state index contributed by atoms with van der Waals surface area (Å²) in [4.78, 5) is 4.76. The highest BCUT2D eigenvalue weighted by Crippen LogP contribution is 1.90. The Morgan fingerprint density at radius 3 is 2.60 bits per heavy atom. The molecule has 0 aromatic carbocycles. The van der Waals surface area contributed by atoms with Gasteiger partial charge >= 0.3 is 0 Å². The van der Waals surface area contributed by atoms with Crippen LogP contribution < -0.4 is 10.6 Å². The molecule has 1 aliphatic rings. The molecule has 1 rings (SSSR count). The van der Waals surface area contributed by atoms with E-state index in [0.29, 0.717) is 0 Å². The Hall–Kier alpha value is -0.160. The number of nitrogens with one attached hydrogen (secondary N) is 2. The lowest BCUT2D eigenvalue weighted by molar-refractivity contribution is 0.240. The molecule has 0 atom stereocenters. The van der Waals surface area contributed by atoms with Crippen molar-refractivity contribution < 1.29 is 0 Å². The van der Waals surface area contributed by atoms with Crippen LogP contribution in [0.25, 0.3) is 0 Å². The Bertz CT molecular complexity index is 144. The van der Waals surface area contributed by atoms with Crippen molar-refractivity contribution in [1.29, 1.82) is 0 Å².